The van der Waals surface area contributed by atoms with Gasteiger partial charge in [0.25, 0.3) is 5.91 Å². The number of carbonyl (C=O) groups excluding carboxylic acids is 2. The molecule has 0 bridgehead atoms. The third-order valence-electron chi connectivity index (χ3n) is 5.88. The summed E-state index contributed by atoms with van der Waals surface area (Å²) >= 11 is 1.66. The van der Waals surface area contributed by atoms with Gasteiger partial charge in [-0.25, -0.2) is 9.78 Å². The summed E-state index contributed by atoms with van der Waals surface area (Å²) < 4.78 is 0. The van der Waals surface area contributed by atoms with Gasteiger partial charge in [-0.2, -0.15) is 0 Å². The van der Waals surface area contributed by atoms with Crippen LogP contribution in [0.25, 0.3) is 0 Å². The van der Waals surface area contributed by atoms with E-state index in [1.807, 2.05) is 60.7 Å². The zero-order chi connectivity index (χ0) is 20.4. The van der Waals surface area contributed by atoms with Crippen LogP contribution < -0.4 is 0 Å². The number of likely N-dealkylation sites (tertiary alicyclic amines) is 1. The Balaban J connectivity index is 1.56. The Labute approximate surface area is 176 Å². The second-order valence-corrected chi connectivity index (χ2v) is 9.38. The van der Waals surface area contributed by atoms with Crippen molar-refractivity contribution in [3.8, 4) is 0 Å². The SMILES string of the molecule is CC(C)CN1C(=O)N(Cc2ccccc2)C2(CCN(Cc3nccs3)CC2)C1=O. The molecule has 3 heterocycles. The predicted octanol–water partition coefficient (Wildman–Crippen LogP) is 3.60. The monoisotopic (exact) mass is 412 g/mol. The van der Waals surface area contributed by atoms with E-state index in [0.717, 1.165) is 30.2 Å². The molecule has 0 saturated carbocycles. The highest BCUT2D eigenvalue weighted by Crippen LogP contribution is 2.39. The lowest BCUT2D eigenvalue weighted by atomic mass is 9.85. The number of carbonyl (C=O) groups is 2. The summed E-state index contributed by atoms with van der Waals surface area (Å²) in [5, 5.41) is 3.09. The number of piperidine rings is 1. The first-order chi connectivity index (χ1) is 14.0. The average molecular weight is 413 g/mol. The minimum Gasteiger partial charge on any atom is -0.305 e. The summed E-state index contributed by atoms with van der Waals surface area (Å²) in [4.78, 5) is 36.8. The molecular formula is C22H28N4O2S. The Hall–Kier alpha value is -2.25. The number of amides is 3. The number of hydrogen-bond donors (Lipinski definition) is 0. The fraction of sp³-hybridized carbons (Fsp3) is 0.500. The van der Waals surface area contributed by atoms with Crippen LogP contribution in [0, 0.1) is 5.92 Å². The normalized spacial score (nSPS) is 19.7. The van der Waals surface area contributed by atoms with E-state index in [4.69, 9.17) is 0 Å². The van der Waals surface area contributed by atoms with Gasteiger partial charge in [0.15, 0.2) is 0 Å². The molecule has 0 radical (unpaired) electrons. The van der Waals surface area contributed by atoms with E-state index in [9.17, 15) is 9.59 Å². The first-order valence-corrected chi connectivity index (χ1v) is 11.2. The van der Waals surface area contributed by atoms with Gasteiger partial charge in [0, 0.05) is 37.8 Å². The lowest BCUT2D eigenvalue weighted by Gasteiger charge is -2.42. The highest BCUT2D eigenvalue weighted by atomic mass is 32.1. The van der Waals surface area contributed by atoms with E-state index >= 15 is 0 Å². The minimum atomic E-state index is -0.721. The smallest absolute Gasteiger partial charge is 0.305 e. The van der Waals surface area contributed by atoms with Crippen LogP contribution in [0.4, 0.5) is 4.79 Å². The van der Waals surface area contributed by atoms with Gasteiger partial charge in [0.05, 0.1) is 6.54 Å². The van der Waals surface area contributed by atoms with Crippen molar-refractivity contribution in [1.82, 2.24) is 19.7 Å². The number of nitrogens with zero attached hydrogens (tertiary/aromatic N) is 4. The zero-order valence-corrected chi connectivity index (χ0v) is 17.9. The van der Waals surface area contributed by atoms with Crippen LogP contribution in [0.3, 0.4) is 0 Å². The van der Waals surface area contributed by atoms with Crippen LogP contribution in [0.5, 0.6) is 0 Å². The topological polar surface area (TPSA) is 56.8 Å². The Morgan fingerprint density at radius 2 is 1.83 bits per heavy atom. The molecule has 3 amide bonds. The molecule has 0 N–H and O–H groups in total. The van der Waals surface area contributed by atoms with Gasteiger partial charge in [-0.1, -0.05) is 44.2 Å². The molecule has 2 aromatic rings. The highest BCUT2D eigenvalue weighted by Gasteiger charge is 2.57. The quantitative estimate of drug-likeness (QED) is 0.681. The number of imide groups is 1. The van der Waals surface area contributed by atoms with Crippen LogP contribution in [-0.2, 0) is 17.9 Å². The van der Waals surface area contributed by atoms with Gasteiger partial charge in [0.2, 0.25) is 0 Å². The first kappa shape index (κ1) is 20.0. The second-order valence-electron chi connectivity index (χ2n) is 8.40. The zero-order valence-electron chi connectivity index (χ0n) is 17.1. The van der Waals surface area contributed by atoms with E-state index in [1.165, 1.54) is 4.90 Å². The van der Waals surface area contributed by atoms with Gasteiger partial charge in [-0.3, -0.25) is 14.6 Å². The molecular weight excluding hydrogens is 384 g/mol. The molecule has 4 rings (SSSR count). The van der Waals surface area contributed by atoms with E-state index < -0.39 is 5.54 Å². The Morgan fingerprint density at radius 3 is 2.45 bits per heavy atom. The molecule has 6 nitrogen and oxygen atoms in total. The standard InChI is InChI=1S/C22H28N4O2S/c1-17(2)14-25-20(27)22(26(21(25)28)15-18-6-4-3-5-7-18)8-11-24(12-9-22)16-19-23-10-13-29-19/h3-7,10,13,17H,8-9,11-12,14-16H2,1-2H3. The maximum absolute atomic E-state index is 13.5. The lowest BCUT2D eigenvalue weighted by molar-refractivity contribution is -0.136. The van der Waals surface area contributed by atoms with Crippen LogP contribution in [0.15, 0.2) is 41.9 Å². The number of benzene rings is 1. The molecule has 2 aliphatic rings. The molecule has 2 fully saturated rings. The Kier molecular flexibility index (Phi) is 5.69. The number of urea groups is 1. The van der Waals surface area contributed by atoms with Crippen molar-refractivity contribution in [3.63, 3.8) is 0 Å². The lowest BCUT2D eigenvalue weighted by Crippen LogP contribution is -2.56. The Bertz CT molecular complexity index is 845. The van der Waals surface area contributed by atoms with Crippen molar-refractivity contribution in [2.24, 2.45) is 5.92 Å². The molecule has 154 valence electrons. The number of hydrogen-bond acceptors (Lipinski definition) is 5. The summed E-state index contributed by atoms with van der Waals surface area (Å²) in [5.74, 6) is 0.239. The van der Waals surface area contributed by atoms with Crippen LogP contribution in [0.1, 0.15) is 37.3 Å². The fourth-order valence-electron chi connectivity index (χ4n) is 4.38. The van der Waals surface area contributed by atoms with Crippen molar-refractivity contribution in [1.29, 1.82) is 0 Å². The molecule has 2 saturated heterocycles. The van der Waals surface area contributed by atoms with Gasteiger partial charge >= 0.3 is 6.03 Å². The van der Waals surface area contributed by atoms with Crippen molar-refractivity contribution >= 4 is 23.3 Å². The molecule has 0 unspecified atom stereocenters. The minimum absolute atomic E-state index is 0.0129. The molecule has 2 aliphatic heterocycles. The number of rotatable bonds is 6. The molecule has 7 heteroatoms. The predicted molar refractivity (Wildman–Crippen MR) is 113 cm³/mol. The Morgan fingerprint density at radius 1 is 1.10 bits per heavy atom. The van der Waals surface area contributed by atoms with E-state index in [1.54, 1.807) is 11.3 Å². The first-order valence-electron chi connectivity index (χ1n) is 10.3. The van der Waals surface area contributed by atoms with Crippen molar-refractivity contribution < 1.29 is 9.59 Å². The van der Waals surface area contributed by atoms with Gasteiger partial charge < -0.3 is 4.90 Å². The van der Waals surface area contributed by atoms with E-state index in [2.05, 4.69) is 9.88 Å². The molecule has 29 heavy (non-hydrogen) atoms. The highest BCUT2D eigenvalue weighted by molar-refractivity contribution is 7.09. The van der Waals surface area contributed by atoms with Crippen LogP contribution in [-0.4, -0.2) is 56.8 Å². The molecule has 1 aromatic heterocycles. The van der Waals surface area contributed by atoms with Crippen molar-refractivity contribution in [3.05, 3.63) is 52.5 Å². The fourth-order valence-corrected chi connectivity index (χ4v) is 5.04. The van der Waals surface area contributed by atoms with E-state index in [0.29, 0.717) is 25.9 Å². The molecule has 0 atom stereocenters. The third kappa shape index (κ3) is 3.94. The summed E-state index contributed by atoms with van der Waals surface area (Å²) in [6, 6.07) is 9.83. The molecule has 0 aliphatic carbocycles. The summed E-state index contributed by atoms with van der Waals surface area (Å²) in [6.07, 6.45) is 3.17. The maximum atomic E-state index is 13.5. The molecule has 1 spiro atoms. The summed E-state index contributed by atoms with van der Waals surface area (Å²) in [5.41, 5.74) is 0.339. The van der Waals surface area contributed by atoms with Gasteiger partial charge in [0.1, 0.15) is 10.5 Å². The van der Waals surface area contributed by atoms with Crippen molar-refractivity contribution in [2.45, 2.75) is 45.3 Å². The van der Waals surface area contributed by atoms with Crippen LogP contribution in [0.2, 0.25) is 0 Å². The van der Waals surface area contributed by atoms with Crippen LogP contribution >= 0.6 is 11.3 Å². The van der Waals surface area contributed by atoms with Gasteiger partial charge in [-0.15, -0.1) is 11.3 Å². The van der Waals surface area contributed by atoms with Crippen molar-refractivity contribution in [2.75, 3.05) is 19.6 Å². The summed E-state index contributed by atoms with van der Waals surface area (Å²) in [7, 11) is 0. The van der Waals surface area contributed by atoms with E-state index in [-0.39, 0.29) is 17.9 Å². The second kappa shape index (κ2) is 8.24. The third-order valence-corrected chi connectivity index (χ3v) is 6.64. The average Bonchev–Trinajstić information content (AvgIpc) is 3.29. The summed E-state index contributed by atoms with van der Waals surface area (Å²) in [6.45, 7) is 7.44. The number of aromatic nitrogens is 1. The largest absolute Gasteiger partial charge is 0.327 e. The van der Waals surface area contributed by atoms with Gasteiger partial charge in [-0.05, 0) is 24.3 Å². The molecule has 1 aromatic carbocycles. The maximum Gasteiger partial charge on any atom is 0.327 e. The number of thiazole rings is 1.